The van der Waals surface area contributed by atoms with Gasteiger partial charge in [0.15, 0.2) is 0 Å². The molecule has 16 heteroatoms. The van der Waals surface area contributed by atoms with Gasteiger partial charge in [-0.05, 0) is 331 Å². The van der Waals surface area contributed by atoms with Crippen molar-refractivity contribution >= 4 is 34.7 Å². The molecule has 16 atom stereocenters. The number of hydrogen-bond acceptors (Lipinski definition) is 16. The van der Waals surface area contributed by atoms with Crippen LogP contribution in [0.2, 0.25) is 0 Å². The summed E-state index contributed by atoms with van der Waals surface area (Å²) < 4.78 is 49.0. The molecule has 8 aliphatic carbocycles. The number of hydrogen-bond donors (Lipinski definition) is 0. The van der Waals surface area contributed by atoms with Crippen molar-refractivity contribution in [3.8, 4) is 11.5 Å². The Kier molecular flexibility index (Phi) is 32.9. The Morgan fingerprint density at radius 2 is 0.754 bits per heavy atom. The number of ether oxygens (including phenoxy) is 8. The number of benzene rings is 4. The second-order valence-corrected chi connectivity index (χ2v) is 39.6. The van der Waals surface area contributed by atoms with E-state index in [4.69, 9.17) is 37.9 Å². The predicted octanol–water partition coefficient (Wildman–Crippen LogP) is 25.1. The van der Waals surface area contributed by atoms with Gasteiger partial charge in [0.2, 0.25) is 0 Å². The molecule has 16 nitrogen and oxygen atoms in total. The molecule has 13 rings (SSSR count). The van der Waals surface area contributed by atoms with Gasteiger partial charge in [-0.25, -0.2) is 9.59 Å². The number of azo groups is 2. The summed E-state index contributed by atoms with van der Waals surface area (Å²) in [6.07, 6.45) is 38.8. The molecule has 0 N–H and O–H groups in total. The zero-order chi connectivity index (χ0) is 82.5. The van der Waals surface area contributed by atoms with Crippen LogP contribution in [-0.4, -0.2) is 139 Å². The maximum atomic E-state index is 13.6. The van der Waals surface area contributed by atoms with E-state index in [-0.39, 0.29) is 35.0 Å². The zero-order valence-electron chi connectivity index (χ0n) is 74.4. The highest BCUT2D eigenvalue weighted by molar-refractivity contribution is 5.90. The highest BCUT2D eigenvalue weighted by Gasteiger charge is 2.61. The van der Waals surface area contributed by atoms with Crippen molar-refractivity contribution in [3.63, 3.8) is 0 Å². The maximum Gasteiger partial charge on any atom is 0.338 e. The Bertz CT molecular complexity index is 3610. The molecule has 4 aromatic rings. The number of rotatable bonds is 32. The number of fused-ring (bicyclic) bond motifs is 10. The highest BCUT2D eigenvalue weighted by Crippen LogP contribution is 2.69. The van der Waals surface area contributed by atoms with Gasteiger partial charge in [-0.1, -0.05) is 131 Å². The van der Waals surface area contributed by atoms with Crippen LogP contribution in [0.4, 0.5) is 22.7 Å². The lowest BCUT2D eigenvalue weighted by Crippen LogP contribution is -2.51. The lowest BCUT2D eigenvalue weighted by atomic mass is 9.47. The fourth-order valence-corrected chi connectivity index (χ4v) is 24.4. The van der Waals surface area contributed by atoms with Crippen molar-refractivity contribution in [1.29, 1.82) is 0 Å². The maximum absolute atomic E-state index is 13.6. The van der Waals surface area contributed by atoms with Crippen LogP contribution in [0.3, 0.4) is 0 Å². The Hall–Kier alpha value is -6.14. The van der Waals surface area contributed by atoms with E-state index < -0.39 is 0 Å². The fourth-order valence-electron chi connectivity index (χ4n) is 24.4. The second kappa shape index (κ2) is 43.3. The van der Waals surface area contributed by atoms with E-state index in [2.05, 4.69) is 112 Å². The van der Waals surface area contributed by atoms with Crippen LogP contribution in [0.1, 0.15) is 270 Å². The van der Waals surface area contributed by atoms with Gasteiger partial charge >= 0.3 is 11.9 Å². The Morgan fingerprint density at radius 3 is 1.11 bits per heavy atom. The van der Waals surface area contributed by atoms with E-state index in [9.17, 15) is 9.59 Å². The standard InChI is InChI=1S/C102H150N6O10/c1-73(2)19-17-21-75(5)91-43-45-93-89-41-27-79-71-87(47-51-99(79,7)95(89)49-53-101(91,93)9)117-97(109)77-23-29-81(30-24-77)103-105-83-33-37-85(38-34-83)115-61-15-11-13-55-107-57-63-111-67-69-113-65-59-108(60-66-114-70-68-112-64-58-107)56-14-12-16-62-116-86-39-35-84(36-40-86)106-104-82-31-25-78(26-32-82)98(110)118-88-48-52-100(8)80(72-88)28-42-90-94-46-44-92(76(6)22-18-20-74(3)4)102(94,10)54-50-96(90)100/h23-40,73-76,87-96H,11-22,41-72H2,1-10H3/t75-,76-,87+,88+,89+,90+,91-,92-,93+,94+,95+,96+,99+,100+,101-,102-/m1/s1. The molecule has 0 radical (unpaired) electrons. The van der Waals surface area contributed by atoms with Crippen molar-refractivity contribution in [2.75, 3.05) is 105 Å². The molecule has 9 aliphatic rings. The van der Waals surface area contributed by atoms with Gasteiger partial charge in [-0.2, -0.15) is 20.5 Å². The number of allylic oxidation sites excluding steroid dienone is 2. The second-order valence-electron chi connectivity index (χ2n) is 39.6. The van der Waals surface area contributed by atoms with Crippen molar-refractivity contribution < 1.29 is 47.5 Å². The lowest BCUT2D eigenvalue weighted by Gasteiger charge is -2.58. The molecule has 0 aromatic heterocycles. The Balaban J connectivity index is 0.444. The van der Waals surface area contributed by atoms with Crippen LogP contribution in [0.25, 0.3) is 0 Å². The number of carbonyl (C=O) groups excluding carboxylic acids is 2. The van der Waals surface area contributed by atoms with E-state index >= 15 is 0 Å². The van der Waals surface area contributed by atoms with E-state index in [1.165, 1.54) is 103 Å². The van der Waals surface area contributed by atoms with Crippen LogP contribution >= 0.6 is 0 Å². The van der Waals surface area contributed by atoms with E-state index in [0.29, 0.717) is 99.4 Å². The summed E-state index contributed by atoms with van der Waals surface area (Å²) in [5.74, 6) is 10.9. The topological polar surface area (TPSA) is 164 Å². The van der Waals surface area contributed by atoms with Crippen LogP contribution in [-0.2, 0) is 28.4 Å². The fraction of sp³-hybridized carbons (Fsp3) is 0.706. The first kappa shape index (κ1) is 89.6. The molecule has 0 bridgehead atoms. The van der Waals surface area contributed by atoms with E-state index in [1.54, 1.807) is 11.1 Å². The molecule has 6 saturated carbocycles. The van der Waals surface area contributed by atoms with Crippen LogP contribution in [0, 0.1) is 92.7 Å². The molecule has 0 amide bonds. The van der Waals surface area contributed by atoms with Gasteiger partial charge in [0, 0.05) is 39.0 Å². The molecule has 1 saturated heterocycles. The van der Waals surface area contributed by atoms with E-state index in [1.807, 2.05) is 97.1 Å². The summed E-state index contributed by atoms with van der Waals surface area (Å²) in [7, 11) is 0. The molecule has 0 spiro atoms. The summed E-state index contributed by atoms with van der Waals surface area (Å²) in [6.45, 7) is 36.6. The van der Waals surface area contributed by atoms with Gasteiger partial charge in [0.1, 0.15) is 23.7 Å². The first-order chi connectivity index (χ1) is 57.2. The number of carbonyl (C=O) groups is 2. The van der Waals surface area contributed by atoms with Crippen molar-refractivity contribution in [3.05, 3.63) is 131 Å². The Morgan fingerprint density at radius 1 is 0.398 bits per heavy atom. The SMILES string of the molecule is CC(C)CCC[C@@H](C)[C@H]1CC[C@H]2[C@@H]3CC=C4C[C@@H](OC(=O)c5ccc(N=Nc6ccc(OCCCCCN7CCOCCOCCN(CCCCCOc8ccc(N=Nc9ccc(C(=O)O[C@H]%10CC[C@@]%11(C)C(=CC[C@H]%12[C@@H]%13CC[C@H]([C@H](C)CCCC(C)C)[C@@]%13(C)CC[C@@H]%12%11)C%10)cc9)cc8)CCOCCOCC7)cc6)cc5)CC[C@]4(C)[C@H]3CC[C@]12C. The van der Waals surface area contributed by atoms with Gasteiger partial charge in [-0.15, -0.1) is 0 Å². The van der Waals surface area contributed by atoms with Crippen LogP contribution < -0.4 is 9.47 Å². The molecule has 7 fully saturated rings. The normalized spacial score (nSPS) is 30.7. The van der Waals surface area contributed by atoms with Crippen molar-refractivity contribution in [1.82, 2.24) is 9.80 Å². The zero-order valence-corrected chi connectivity index (χ0v) is 74.4. The average molecular weight is 1620 g/mol. The van der Waals surface area contributed by atoms with Crippen LogP contribution in [0.15, 0.2) is 141 Å². The van der Waals surface area contributed by atoms with E-state index in [0.717, 1.165) is 210 Å². The molecule has 0 unspecified atom stereocenters. The monoisotopic (exact) mass is 1620 g/mol. The summed E-state index contributed by atoms with van der Waals surface area (Å²) in [5, 5.41) is 17.9. The first-order valence-corrected chi connectivity index (χ1v) is 47.3. The van der Waals surface area contributed by atoms with Gasteiger partial charge in [0.25, 0.3) is 0 Å². The summed E-state index contributed by atoms with van der Waals surface area (Å²) >= 11 is 0. The molecule has 118 heavy (non-hydrogen) atoms. The summed E-state index contributed by atoms with van der Waals surface area (Å²) in [6, 6.07) is 30.1. The average Bonchev–Trinajstić information content (AvgIpc) is 1.41. The van der Waals surface area contributed by atoms with Crippen molar-refractivity contribution in [2.45, 2.75) is 261 Å². The first-order valence-electron chi connectivity index (χ1n) is 47.3. The number of unbranched alkanes of at least 4 members (excludes halogenated alkanes) is 4. The van der Waals surface area contributed by atoms with Gasteiger partial charge in [0.05, 0.1) is 99.9 Å². The highest BCUT2D eigenvalue weighted by atomic mass is 16.6. The van der Waals surface area contributed by atoms with Gasteiger partial charge in [-0.3, -0.25) is 9.80 Å². The van der Waals surface area contributed by atoms with Crippen LogP contribution in [0.5, 0.6) is 11.5 Å². The molecule has 1 aliphatic heterocycles. The minimum atomic E-state index is -0.254. The minimum absolute atomic E-state index is 0.0819. The molecular formula is C102H150N6O10. The third kappa shape index (κ3) is 23.4. The molecule has 4 aromatic carbocycles. The Labute approximate surface area is 710 Å². The quantitative estimate of drug-likeness (QED) is 0.0197. The lowest BCUT2D eigenvalue weighted by molar-refractivity contribution is -0.0594. The minimum Gasteiger partial charge on any atom is -0.494 e. The predicted molar refractivity (Wildman–Crippen MR) is 473 cm³/mol. The molecule has 1 heterocycles. The number of esters is 2. The third-order valence-electron chi connectivity index (χ3n) is 31.2. The molecule has 648 valence electrons. The van der Waals surface area contributed by atoms with Gasteiger partial charge < -0.3 is 37.9 Å². The third-order valence-corrected chi connectivity index (χ3v) is 31.2. The van der Waals surface area contributed by atoms with Crippen molar-refractivity contribution in [2.24, 2.45) is 113 Å². The largest absolute Gasteiger partial charge is 0.494 e. The molecular weight excluding hydrogens is 1470 g/mol. The number of nitrogens with zero attached hydrogens (tertiary/aromatic N) is 6. The smallest absolute Gasteiger partial charge is 0.338 e. The summed E-state index contributed by atoms with van der Waals surface area (Å²) in [5.41, 5.74) is 8.45. The summed E-state index contributed by atoms with van der Waals surface area (Å²) in [4.78, 5) is 32.0.